The first-order valence-corrected chi connectivity index (χ1v) is 8.56. The number of hydrogen-bond donors (Lipinski definition) is 0. The maximum Gasteiger partial charge on any atom is 0.336 e. The lowest BCUT2D eigenvalue weighted by Crippen LogP contribution is -1.99. The minimum absolute atomic E-state index is 0.0824. The summed E-state index contributed by atoms with van der Waals surface area (Å²) in [6, 6.07) is 12.2. The predicted molar refractivity (Wildman–Crippen MR) is 97.4 cm³/mol. The van der Waals surface area contributed by atoms with Gasteiger partial charge in [0.1, 0.15) is 11.3 Å². The number of benzene rings is 2. The summed E-state index contributed by atoms with van der Waals surface area (Å²) in [5, 5.41) is 4.83. The maximum absolute atomic E-state index is 11.5. The van der Waals surface area contributed by atoms with Gasteiger partial charge in [-0.2, -0.15) is 4.98 Å². The number of hydrogen-bond acceptors (Lipinski definition) is 8. The second-order valence-corrected chi connectivity index (χ2v) is 6.27. The van der Waals surface area contributed by atoms with Crippen LogP contribution in [0.25, 0.3) is 22.4 Å². The van der Waals surface area contributed by atoms with Gasteiger partial charge >= 0.3 is 5.63 Å². The van der Waals surface area contributed by atoms with Crippen LogP contribution in [0.15, 0.2) is 56.2 Å². The van der Waals surface area contributed by atoms with Crippen molar-refractivity contribution in [1.82, 2.24) is 10.1 Å². The fourth-order valence-corrected chi connectivity index (χ4v) is 3.01. The molecule has 5 rings (SSSR count). The third-order valence-corrected chi connectivity index (χ3v) is 4.38. The van der Waals surface area contributed by atoms with Crippen LogP contribution >= 0.6 is 0 Å². The highest BCUT2D eigenvalue weighted by Crippen LogP contribution is 2.35. The van der Waals surface area contributed by atoms with E-state index in [4.69, 9.17) is 23.2 Å². The normalized spacial score (nSPS) is 12.5. The Morgan fingerprint density at radius 2 is 1.96 bits per heavy atom. The summed E-state index contributed by atoms with van der Waals surface area (Å²) >= 11 is 0. The van der Waals surface area contributed by atoms with E-state index in [1.54, 1.807) is 24.3 Å². The molecule has 140 valence electrons. The quantitative estimate of drug-likeness (QED) is 0.498. The molecule has 0 saturated heterocycles. The van der Waals surface area contributed by atoms with Gasteiger partial charge in [-0.15, -0.1) is 0 Å². The molecule has 0 bridgehead atoms. The number of rotatable bonds is 4. The third-order valence-electron chi connectivity index (χ3n) is 4.38. The van der Waals surface area contributed by atoms with Crippen molar-refractivity contribution < 1.29 is 23.2 Å². The molecule has 4 aromatic rings. The number of nitrogens with zero attached hydrogens (tertiary/aromatic N) is 2. The molecule has 0 aliphatic carbocycles. The standard InChI is InChI=1S/C20H14N2O6/c1-11-6-19(23)27-16-8-13(3-4-14(11)16)24-9-18-21-20(22-28-18)12-2-5-15-17(7-12)26-10-25-15/h2-8H,9-10H2,1H3. The summed E-state index contributed by atoms with van der Waals surface area (Å²) in [5.41, 5.74) is 1.67. The van der Waals surface area contributed by atoms with E-state index in [1.807, 2.05) is 19.1 Å². The summed E-state index contributed by atoms with van der Waals surface area (Å²) in [6.45, 7) is 2.14. The first-order chi connectivity index (χ1) is 13.7. The first-order valence-electron chi connectivity index (χ1n) is 8.56. The van der Waals surface area contributed by atoms with Crippen molar-refractivity contribution in [1.29, 1.82) is 0 Å². The highest BCUT2D eigenvalue weighted by Gasteiger charge is 2.16. The van der Waals surface area contributed by atoms with Crippen LogP contribution in [0.4, 0.5) is 0 Å². The first kappa shape index (κ1) is 16.4. The number of aryl methyl sites for hydroxylation is 1. The molecule has 8 nitrogen and oxygen atoms in total. The Morgan fingerprint density at radius 3 is 2.89 bits per heavy atom. The monoisotopic (exact) mass is 378 g/mol. The zero-order valence-corrected chi connectivity index (χ0v) is 14.8. The largest absolute Gasteiger partial charge is 0.484 e. The van der Waals surface area contributed by atoms with Gasteiger partial charge in [-0.1, -0.05) is 5.16 Å². The van der Waals surface area contributed by atoms with Crippen LogP contribution in [-0.4, -0.2) is 16.9 Å². The average Bonchev–Trinajstić information content (AvgIpc) is 3.34. The van der Waals surface area contributed by atoms with Gasteiger partial charge in [0.2, 0.25) is 12.6 Å². The van der Waals surface area contributed by atoms with Crippen molar-refractivity contribution in [3.05, 3.63) is 64.3 Å². The van der Waals surface area contributed by atoms with Crippen LogP contribution in [0, 0.1) is 6.92 Å². The van der Waals surface area contributed by atoms with Gasteiger partial charge in [0.15, 0.2) is 18.1 Å². The summed E-state index contributed by atoms with van der Waals surface area (Å²) in [5.74, 6) is 2.61. The van der Waals surface area contributed by atoms with Crippen LogP contribution in [0.5, 0.6) is 17.2 Å². The number of fused-ring (bicyclic) bond motifs is 2. The minimum Gasteiger partial charge on any atom is -0.484 e. The molecule has 0 spiro atoms. The van der Waals surface area contributed by atoms with Gasteiger partial charge in [0, 0.05) is 23.1 Å². The summed E-state index contributed by atoms with van der Waals surface area (Å²) in [4.78, 5) is 15.9. The molecule has 2 aromatic heterocycles. The summed E-state index contributed by atoms with van der Waals surface area (Å²) < 4.78 is 26.8. The second kappa shape index (κ2) is 6.41. The Balaban J connectivity index is 1.34. The van der Waals surface area contributed by atoms with Gasteiger partial charge in [-0.05, 0) is 42.8 Å². The highest BCUT2D eigenvalue weighted by atomic mass is 16.7. The molecule has 0 saturated carbocycles. The summed E-state index contributed by atoms with van der Waals surface area (Å²) in [7, 11) is 0. The van der Waals surface area contributed by atoms with Crippen LogP contribution in [0.2, 0.25) is 0 Å². The van der Waals surface area contributed by atoms with Crippen LogP contribution < -0.4 is 19.8 Å². The lowest BCUT2D eigenvalue weighted by molar-refractivity contribution is 0.174. The van der Waals surface area contributed by atoms with E-state index in [2.05, 4.69) is 10.1 Å². The van der Waals surface area contributed by atoms with Gasteiger partial charge in [0.05, 0.1) is 0 Å². The maximum atomic E-state index is 11.5. The molecule has 3 heterocycles. The molecule has 0 radical (unpaired) electrons. The Bertz CT molecular complexity index is 1240. The van der Waals surface area contributed by atoms with Gasteiger partial charge in [-0.3, -0.25) is 0 Å². The van der Waals surface area contributed by atoms with Crippen molar-refractivity contribution in [2.75, 3.05) is 6.79 Å². The molecular formula is C20H14N2O6. The zero-order valence-electron chi connectivity index (χ0n) is 14.8. The molecule has 8 heteroatoms. The third kappa shape index (κ3) is 2.94. The van der Waals surface area contributed by atoms with Crippen LogP contribution in [0.1, 0.15) is 11.5 Å². The molecule has 1 aliphatic heterocycles. The molecular weight excluding hydrogens is 364 g/mol. The van der Waals surface area contributed by atoms with Crippen molar-refractivity contribution in [2.24, 2.45) is 0 Å². The van der Waals surface area contributed by atoms with E-state index in [9.17, 15) is 4.79 Å². The zero-order chi connectivity index (χ0) is 19.1. The fourth-order valence-electron chi connectivity index (χ4n) is 3.01. The van der Waals surface area contributed by atoms with Crippen LogP contribution in [0.3, 0.4) is 0 Å². The van der Waals surface area contributed by atoms with Crippen LogP contribution in [-0.2, 0) is 6.61 Å². The SMILES string of the molecule is Cc1cc(=O)oc2cc(OCc3nc(-c4ccc5c(c4)OCO5)no3)ccc12. The molecule has 0 atom stereocenters. The van der Waals surface area contributed by atoms with E-state index in [0.717, 1.165) is 16.5 Å². The summed E-state index contributed by atoms with van der Waals surface area (Å²) in [6.07, 6.45) is 0. The molecule has 28 heavy (non-hydrogen) atoms. The van der Waals surface area contributed by atoms with E-state index < -0.39 is 5.63 Å². The van der Waals surface area contributed by atoms with Crippen molar-refractivity contribution in [3.8, 4) is 28.6 Å². The van der Waals surface area contributed by atoms with Gasteiger partial charge < -0.3 is 23.2 Å². The van der Waals surface area contributed by atoms with Gasteiger partial charge in [-0.25, -0.2) is 4.79 Å². The lowest BCUT2D eigenvalue weighted by atomic mass is 10.1. The smallest absolute Gasteiger partial charge is 0.336 e. The molecule has 0 amide bonds. The minimum atomic E-state index is -0.396. The Labute approximate surface area is 158 Å². The second-order valence-electron chi connectivity index (χ2n) is 6.27. The average molecular weight is 378 g/mol. The van der Waals surface area contributed by atoms with E-state index in [-0.39, 0.29) is 13.4 Å². The molecule has 2 aromatic carbocycles. The Hall–Kier alpha value is -3.81. The Kier molecular flexibility index (Phi) is 3.75. The van der Waals surface area contributed by atoms with E-state index in [1.165, 1.54) is 6.07 Å². The highest BCUT2D eigenvalue weighted by molar-refractivity contribution is 5.81. The molecule has 0 fully saturated rings. The molecule has 1 aliphatic rings. The fraction of sp³-hybridized carbons (Fsp3) is 0.150. The van der Waals surface area contributed by atoms with E-state index in [0.29, 0.717) is 34.5 Å². The number of aromatic nitrogens is 2. The number of ether oxygens (including phenoxy) is 3. The molecule has 0 unspecified atom stereocenters. The topological polar surface area (TPSA) is 96.8 Å². The molecule has 0 N–H and O–H groups in total. The van der Waals surface area contributed by atoms with Gasteiger partial charge in [0.25, 0.3) is 5.89 Å². The van der Waals surface area contributed by atoms with Crippen molar-refractivity contribution >= 4 is 11.0 Å². The lowest BCUT2D eigenvalue weighted by Gasteiger charge is -2.05. The Morgan fingerprint density at radius 1 is 1.07 bits per heavy atom. The predicted octanol–water partition coefficient (Wildman–Crippen LogP) is 3.46. The van der Waals surface area contributed by atoms with Crippen molar-refractivity contribution in [3.63, 3.8) is 0 Å². The van der Waals surface area contributed by atoms with E-state index >= 15 is 0 Å². The van der Waals surface area contributed by atoms with Crippen molar-refractivity contribution in [2.45, 2.75) is 13.5 Å².